The molecule has 1 aliphatic heterocycles. The number of rotatable bonds is 3. The smallest absolute Gasteiger partial charge is 0.262 e. The van der Waals surface area contributed by atoms with Gasteiger partial charge in [-0.05, 0) is 49.2 Å². The summed E-state index contributed by atoms with van der Waals surface area (Å²) >= 11 is 0. The second-order valence-corrected chi connectivity index (χ2v) is 6.17. The Balaban J connectivity index is 1.68. The Morgan fingerprint density at radius 2 is 2.08 bits per heavy atom. The van der Waals surface area contributed by atoms with Gasteiger partial charge in [-0.1, -0.05) is 18.2 Å². The molecule has 1 N–H and O–H groups in total. The van der Waals surface area contributed by atoms with E-state index in [1.54, 1.807) is 0 Å². The molecule has 2 aromatic carbocycles. The number of hydrogen-bond acceptors (Lipinski definition) is 4. The molecule has 1 aliphatic rings. The third-order valence-corrected chi connectivity index (χ3v) is 4.07. The minimum Gasteiger partial charge on any atom is -0.482 e. The maximum Gasteiger partial charge on any atom is 0.262 e. The van der Waals surface area contributed by atoms with Crippen LogP contribution in [0.4, 0.5) is 5.69 Å². The van der Waals surface area contributed by atoms with E-state index in [1.165, 1.54) is 5.56 Å². The van der Waals surface area contributed by atoms with Crippen LogP contribution in [0.2, 0.25) is 0 Å². The van der Waals surface area contributed by atoms with E-state index in [9.17, 15) is 4.79 Å². The minimum absolute atomic E-state index is 0.0627. The number of ether oxygens (including phenoxy) is 1. The number of anilines is 1. The predicted octanol–water partition coefficient (Wildman–Crippen LogP) is 2.81. The molecule has 1 aromatic heterocycles. The highest BCUT2D eigenvalue weighted by Crippen LogP contribution is 2.29. The summed E-state index contributed by atoms with van der Waals surface area (Å²) in [6.07, 6.45) is 0.609. The molecule has 3 aromatic rings. The summed E-state index contributed by atoms with van der Waals surface area (Å²) in [6, 6.07) is 14.0. The van der Waals surface area contributed by atoms with Gasteiger partial charge in [-0.2, -0.15) is 5.10 Å². The zero-order valence-electron chi connectivity index (χ0n) is 14.1. The van der Waals surface area contributed by atoms with Gasteiger partial charge in [0.05, 0.1) is 11.4 Å². The number of carbonyl (C=O) groups excluding carboxylic acids is 1. The number of aromatic nitrogens is 3. The van der Waals surface area contributed by atoms with E-state index in [4.69, 9.17) is 4.74 Å². The number of nitrogens with one attached hydrogen (secondary N) is 1. The van der Waals surface area contributed by atoms with Gasteiger partial charge in [-0.15, -0.1) is 0 Å². The van der Waals surface area contributed by atoms with Gasteiger partial charge in [0.1, 0.15) is 17.4 Å². The summed E-state index contributed by atoms with van der Waals surface area (Å²) in [7, 11) is 0. The summed E-state index contributed by atoms with van der Waals surface area (Å²) in [5.74, 6) is 2.14. The molecule has 25 heavy (non-hydrogen) atoms. The molecular formula is C19H18N4O2. The lowest BCUT2D eigenvalue weighted by Crippen LogP contribution is -2.25. The molecule has 0 spiro atoms. The topological polar surface area (TPSA) is 69.0 Å². The molecule has 0 saturated heterocycles. The van der Waals surface area contributed by atoms with Crippen molar-refractivity contribution in [3.8, 4) is 11.4 Å². The molecule has 0 bridgehead atoms. The van der Waals surface area contributed by atoms with Crippen LogP contribution in [0.3, 0.4) is 0 Å². The van der Waals surface area contributed by atoms with E-state index in [0.29, 0.717) is 17.9 Å². The van der Waals surface area contributed by atoms with Crippen LogP contribution in [0.5, 0.6) is 5.75 Å². The summed E-state index contributed by atoms with van der Waals surface area (Å²) in [4.78, 5) is 16.1. The van der Waals surface area contributed by atoms with Gasteiger partial charge < -0.3 is 10.1 Å². The third-order valence-electron chi connectivity index (χ3n) is 4.07. The number of aryl methyl sites for hydroxylation is 2. The summed E-state index contributed by atoms with van der Waals surface area (Å²) < 4.78 is 7.28. The summed E-state index contributed by atoms with van der Waals surface area (Å²) in [5, 5.41) is 7.37. The largest absolute Gasteiger partial charge is 0.482 e. The minimum atomic E-state index is -0.136. The number of benzene rings is 2. The molecule has 0 aliphatic carbocycles. The van der Waals surface area contributed by atoms with Gasteiger partial charge in [0.2, 0.25) is 0 Å². The molecular weight excluding hydrogens is 316 g/mol. The first-order valence-electron chi connectivity index (χ1n) is 8.14. The van der Waals surface area contributed by atoms with Crippen LogP contribution >= 0.6 is 0 Å². The summed E-state index contributed by atoms with van der Waals surface area (Å²) in [5.41, 5.74) is 3.90. The molecule has 4 rings (SSSR count). The number of carbonyl (C=O) groups is 1. The quantitative estimate of drug-likeness (QED) is 0.800. The average molecular weight is 334 g/mol. The highest BCUT2D eigenvalue weighted by molar-refractivity contribution is 5.95. The van der Waals surface area contributed by atoms with E-state index >= 15 is 0 Å². The zero-order valence-corrected chi connectivity index (χ0v) is 14.1. The van der Waals surface area contributed by atoms with E-state index in [0.717, 1.165) is 22.9 Å². The average Bonchev–Trinajstić information content (AvgIpc) is 2.95. The van der Waals surface area contributed by atoms with Crippen molar-refractivity contribution >= 4 is 11.6 Å². The fourth-order valence-corrected chi connectivity index (χ4v) is 2.96. The van der Waals surface area contributed by atoms with Gasteiger partial charge >= 0.3 is 0 Å². The molecule has 0 saturated carbocycles. The Kier molecular flexibility index (Phi) is 3.72. The Hall–Kier alpha value is -3.15. The Bertz CT molecular complexity index is 962. The normalized spacial score (nSPS) is 13.1. The highest BCUT2D eigenvalue weighted by Gasteiger charge is 2.17. The van der Waals surface area contributed by atoms with E-state index in [1.807, 2.05) is 41.9 Å². The number of amides is 1. The van der Waals surface area contributed by atoms with Gasteiger partial charge in [0.15, 0.2) is 6.61 Å². The number of hydrogen-bond donors (Lipinski definition) is 1. The maximum atomic E-state index is 11.5. The van der Waals surface area contributed by atoms with Gasteiger partial charge in [0.25, 0.3) is 5.91 Å². The van der Waals surface area contributed by atoms with Gasteiger partial charge in [-0.3, -0.25) is 4.79 Å². The van der Waals surface area contributed by atoms with Crippen molar-refractivity contribution in [2.45, 2.75) is 20.3 Å². The molecule has 0 unspecified atom stereocenters. The van der Waals surface area contributed by atoms with Crippen molar-refractivity contribution in [2.75, 3.05) is 11.9 Å². The molecule has 0 fully saturated rings. The molecule has 0 radical (unpaired) electrons. The molecule has 2 heterocycles. The van der Waals surface area contributed by atoms with Gasteiger partial charge in [-0.25, -0.2) is 9.67 Å². The molecule has 6 nitrogen and oxygen atoms in total. The van der Waals surface area contributed by atoms with E-state index in [-0.39, 0.29) is 12.5 Å². The zero-order chi connectivity index (χ0) is 17.4. The Morgan fingerprint density at radius 1 is 1.20 bits per heavy atom. The lowest BCUT2D eigenvalue weighted by molar-refractivity contribution is -0.118. The van der Waals surface area contributed by atoms with Crippen molar-refractivity contribution in [2.24, 2.45) is 0 Å². The first-order chi connectivity index (χ1) is 12.1. The summed E-state index contributed by atoms with van der Waals surface area (Å²) in [6.45, 7) is 4.00. The fourth-order valence-electron chi connectivity index (χ4n) is 2.96. The van der Waals surface area contributed by atoms with E-state index in [2.05, 4.69) is 34.5 Å². The molecule has 126 valence electrons. The first kappa shape index (κ1) is 15.4. The maximum absolute atomic E-state index is 11.5. The van der Waals surface area contributed by atoms with Crippen LogP contribution in [-0.4, -0.2) is 27.3 Å². The standard InChI is InChI=1S/C19H18N4O2/c1-12-4-3-5-15(8-12)23-18(20-13(2)22-23)10-14-6-7-17-16(9-14)21-19(24)11-25-17/h3-9H,10-11H2,1-2H3,(H,21,24). The van der Waals surface area contributed by atoms with Crippen molar-refractivity contribution in [3.05, 3.63) is 65.2 Å². The van der Waals surface area contributed by atoms with Crippen LogP contribution in [-0.2, 0) is 11.2 Å². The van der Waals surface area contributed by atoms with Crippen molar-refractivity contribution in [1.82, 2.24) is 14.8 Å². The predicted molar refractivity (Wildman–Crippen MR) is 94.2 cm³/mol. The highest BCUT2D eigenvalue weighted by atomic mass is 16.5. The lowest BCUT2D eigenvalue weighted by atomic mass is 10.1. The SMILES string of the molecule is Cc1cccc(-n2nc(C)nc2Cc2ccc3c(c2)NC(=O)CO3)c1. The third kappa shape index (κ3) is 3.10. The van der Waals surface area contributed by atoms with Crippen LogP contribution in [0.1, 0.15) is 22.8 Å². The molecule has 6 heteroatoms. The van der Waals surface area contributed by atoms with Crippen LogP contribution in [0, 0.1) is 13.8 Å². The first-order valence-corrected chi connectivity index (χ1v) is 8.14. The molecule has 0 atom stereocenters. The Morgan fingerprint density at radius 3 is 2.92 bits per heavy atom. The van der Waals surface area contributed by atoms with Crippen molar-refractivity contribution in [1.29, 1.82) is 0 Å². The fraction of sp³-hybridized carbons (Fsp3) is 0.211. The number of fused-ring (bicyclic) bond motifs is 1. The Labute approximate surface area is 145 Å². The van der Waals surface area contributed by atoms with Crippen LogP contribution in [0.25, 0.3) is 5.69 Å². The van der Waals surface area contributed by atoms with Crippen LogP contribution in [0.15, 0.2) is 42.5 Å². The monoisotopic (exact) mass is 334 g/mol. The second-order valence-electron chi connectivity index (χ2n) is 6.17. The second kappa shape index (κ2) is 6.05. The van der Waals surface area contributed by atoms with Crippen molar-refractivity contribution < 1.29 is 9.53 Å². The van der Waals surface area contributed by atoms with Crippen LogP contribution < -0.4 is 10.1 Å². The number of nitrogens with zero attached hydrogens (tertiary/aromatic N) is 3. The van der Waals surface area contributed by atoms with Crippen molar-refractivity contribution in [3.63, 3.8) is 0 Å². The lowest BCUT2D eigenvalue weighted by Gasteiger charge is -2.18. The van der Waals surface area contributed by atoms with E-state index < -0.39 is 0 Å². The molecule has 1 amide bonds. The van der Waals surface area contributed by atoms with Gasteiger partial charge in [0, 0.05) is 6.42 Å².